The minimum Gasteiger partial charge on any atom is -0.497 e. The highest BCUT2D eigenvalue weighted by atomic mass is 16.5. The van der Waals surface area contributed by atoms with Crippen LogP contribution in [0.3, 0.4) is 0 Å². The van der Waals surface area contributed by atoms with Gasteiger partial charge in [-0.05, 0) is 37.1 Å². The Labute approximate surface area is 181 Å². The molecule has 0 unspecified atom stereocenters. The Morgan fingerprint density at radius 2 is 2.03 bits per heavy atom. The molecule has 9 nitrogen and oxygen atoms in total. The predicted octanol–water partition coefficient (Wildman–Crippen LogP) is 2.12. The van der Waals surface area contributed by atoms with Crippen LogP contribution in [-0.4, -0.2) is 75.0 Å². The third-order valence-corrected chi connectivity index (χ3v) is 5.12. The summed E-state index contributed by atoms with van der Waals surface area (Å²) in [7, 11) is 3.16. The second-order valence-corrected chi connectivity index (χ2v) is 7.28. The zero-order valence-electron chi connectivity index (χ0n) is 18.0. The van der Waals surface area contributed by atoms with E-state index in [4.69, 9.17) is 18.7 Å². The minimum atomic E-state index is -0.313. The van der Waals surface area contributed by atoms with Crippen molar-refractivity contribution in [3.8, 4) is 17.1 Å². The minimum absolute atomic E-state index is 0.0849. The Balaban J connectivity index is 1.58. The number of benzene rings is 1. The van der Waals surface area contributed by atoms with E-state index in [0.717, 1.165) is 30.8 Å². The summed E-state index contributed by atoms with van der Waals surface area (Å²) in [6.07, 6.45) is 2.25. The number of nitrogens with one attached hydrogen (secondary N) is 1. The molecule has 1 aliphatic heterocycles. The highest BCUT2D eigenvalue weighted by molar-refractivity contribution is 5.93. The van der Waals surface area contributed by atoms with Crippen LogP contribution in [0.25, 0.3) is 11.3 Å². The van der Waals surface area contributed by atoms with Crippen molar-refractivity contribution in [1.29, 1.82) is 0 Å². The summed E-state index contributed by atoms with van der Waals surface area (Å²) in [5.74, 6) is 0.771. The maximum Gasteiger partial charge on any atom is 0.276 e. The third-order valence-electron chi connectivity index (χ3n) is 5.12. The van der Waals surface area contributed by atoms with Gasteiger partial charge in [0.15, 0.2) is 11.5 Å². The van der Waals surface area contributed by atoms with Gasteiger partial charge in [-0.1, -0.05) is 5.16 Å². The Hall–Kier alpha value is -2.91. The zero-order valence-corrected chi connectivity index (χ0v) is 18.0. The van der Waals surface area contributed by atoms with Gasteiger partial charge in [-0.2, -0.15) is 0 Å². The number of amides is 2. The Morgan fingerprint density at radius 3 is 2.71 bits per heavy atom. The lowest BCUT2D eigenvalue weighted by atomic mass is 10.1. The zero-order chi connectivity index (χ0) is 22.1. The standard InChI is InChI=1S/C22H29N3O6/c1-28-13-11-25(10-9-21(26)23-15-18-4-3-12-30-18)22(27)19-14-20(31-24-19)16-5-7-17(29-2)8-6-16/h5-8,14,18H,3-4,9-13,15H2,1-2H3,(H,23,26)/t18-/m0/s1. The first-order valence-electron chi connectivity index (χ1n) is 10.4. The lowest BCUT2D eigenvalue weighted by molar-refractivity contribution is -0.121. The molecule has 31 heavy (non-hydrogen) atoms. The molecule has 0 bridgehead atoms. The Morgan fingerprint density at radius 1 is 1.23 bits per heavy atom. The molecule has 9 heteroatoms. The van der Waals surface area contributed by atoms with E-state index in [1.54, 1.807) is 37.3 Å². The van der Waals surface area contributed by atoms with Crippen molar-refractivity contribution in [2.45, 2.75) is 25.4 Å². The lowest BCUT2D eigenvalue weighted by Gasteiger charge is -2.21. The van der Waals surface area contributed by atoms with Gasteiger partial charge >= 0.3 is 0 Å². The van der Waals surface area contributed by atoms with Gasteiger partial charge in [0.2, 0.25) is 5.91 Å². The SMILES string of the molecule is COCCN(CCC(=O)NC[C@@H]1CCCO1)C(=O)c1cc(-c2ccc(OC)cc2)on1. The van der Waals surface area contributed by atoms with Gasteiger partial charge < -0.3 is 29.0 Å². The summed E-state index contributed by atoms with van der Waals surface area (Å²) in [6.45, 7) is 2.20. The summed E-state index contributed by atoms with van der Waals surface area (Å²) >= 11 is 0. The highest BCUT2D eigenvalue weighted by Gasteiger charge is 2.22. The first kappa shape index (κ1) is 22.8. The van der Waals surface area contributed by atoms with Crippen molar-refractivity contribution in [2.24, 2.45) is 0 Å². The molecule has 1 N–H and O–H groups in total. The molecule has 0 saturated carbocycles. The molecule has 1 fully saturated rings. The van der Waals surface area contributed by atoms with Gasteiger partial charge in [0.25, 0.3) is 5.91 Å². The topological polar surface area (TPSA) is 103 Å². The fourth-order valence-electron chi connectivity index (χ4n) is 3.30. The molecule has 2 aromatic rings. The number of methoxy groups -OCH3 is 2. The number of carbonyl (C=O) groups excluding carboxylic acids is 2. The van der Waals surface area contributed by atoms with Crippen LogP contribution in [0.5, 0.6) is 5.75 Å². The lowest BCUT2D eigenvalue weighted by Crippen LogP contribution is -2.38. The van der Waals surface area contributed by atoms with Gasteiger partial charge in [-0.25, -0.2) is 0 Å². The van der Waals surface area contributed by atoms with Crippen LogP contribution in [0.1, 0.15) is 29.8 Å². The Bertz CT molecular complexity index is 845. The molecule has 0 aliphatic carbocycles. The smallest absolute Gasteiger partial charge is 0.276 e. The van der Waals surface area contributed by atoms with Gasteiger partial charge in [0.1, 0.15) is 5.75 Å². The molecule has 1 saturated heterocycles. The van der Waals surface area contributed by atoms with E-state index < -0.39 is 0 Å². The van der Waals surface area contributed by atoms with Crippen LogP contribution >= 0.6 is 0 Å². The van der Waals surface area contributed by atoms with Gasteiger partial charge in [-0.3, -0.25) is 9.59 Å². The molecular weight excluding hydrogens is 402 g/mol. The van der Waals surface area contributed by atoms with Crippen molar-refractivity contribution in [1.82, 2.24) is 15.4 Å². The first-order chi connectivity index (χ1) is 15.1. The number of nitrogens with zero attached hydrogens (tertiary/aromatic N) is 2. The van der Waals surface area contributed by atoms with E-state index in [1.807, 2.05) is 12.1 Å². The molecule has 1 aromatic heterocycles. The fourth-order valence-corrected chi connectivity index (χ4v) is 3.30. The number of ether oxygens (including phenoxy) is 3. The summed E-state index contributed by atoms with van der Waals surface area (Å²) in [5.41, 5.74) is 0.964. The predicted molar refractivity (Wildman–Crippen MR) is 113 cm³/mol. The van der Waals surface area contributed by atoms with Crippen molar-refractivity contribution in [3.05, 3.63) is 36.0 Å². The number of rotatable bonds is 11. The monoisotopic (exact) mass is 431 g/mol. The number of hydrogen-bond donors (Lipinski definition) is 1. The highest BCUT2D eigenvalue weighted by Crippen LogP contribution is 2.23. The van der Waals surface area contributed by atoms with E-state index in [9.17, 15) is 9.59 Å². The molecular formula is C22H29N3O6. The van der Waals surface area contributed by atoms with Crippen LogP contribution < -0.4 is 10.1 Å². The summed E-state index contributed by atoms with van der Waals surface area (Å²) in [4.78, 5) is 26.7. The van der Waals surface area contributed by atoms with E-state index in [2.05, 4.69) is 10.5 Å². The summed E-state index contributed by atoms with van der Waals surface area (Å²) in [5, 5.41) is 6.80. The van der Waals surface area contributed by atoms with Crippen molar-refractivity contribution >= 4 is 11.8 Å². The number of aromatic nitrogens is 1. The van der Waals surface area contributed by atoms with Gasteiger partial charge in [0.05, 0.1) is 19.8 Å². The first-order valence-corrected chi connectivity index (χ1v) is 10.4. The van der Waals surface area contributed by atoms with Crippen molar-refractivity contribution in [2.75, 3.05) is 47.1 Å². The third kappa shape index (κ3) is 6.53. The molecule has 0 radical (unpaired) electrons. The molecule has 3 rings (SSSR count). The maximum atomic E-state index is 13.0. The van der Waals surface area contributed by atoms with E-state index in [-0.39, 0.29) is 36.6 Å². The summed E-state index contributed by atoms with van der Waals surface area (Å²) in [6, 6.07) is 8.86. The molecule has 2 heterocycles. The number of hydrogen-bond acceptors (Lipinski definition) is 7. The number of carbonyl (C=O) groups is 2. The molecule has 2 amide bonds. The molecule has 1 aromatic carbocycles. The molecule has 0 spiro atoms. The second-order valence-electron chi connectivity index (χ2n) is 7.28. The van der Waals surface area contributed by atoms with E-state index in [0.29, 0.717) is 25.5 Å². The van der Waals surface area contributed by atoms with Crippen LogP contribution in [0.15, 0.2) is 34.9 Å². The second kappa shape index (κ2) is 11.5. The van der Waals surface area contributed by atoms with Gasteiger partial charge in [-0.15, -0.1) is 0 Å². The normalized spacial score (nSPS) is 15.6. The largest absolute Gasteiger partial charge is 0.497 e. The average molecular weight is 431 g/mol. The van der Waals surface area contributed by atoms with Crippen LogP contribution in [0, 0.1) is 0 Å². The average Bonchev–Trinajstić information content (AvgIpc) is 3.50. The quantitative estimate of drug-likeness (QED) is 0.581. The summed E-state index contributed by atoms with van der Waals surface area (Å²) < 4.78 is 21.1. The van der Waals surface area contributed by atoms with Crippen molar-refractivity contribution < 1.29 is 28.3 Å². The van der Waals surface area contributed by atoms with Crippen LogP contribution in [0.4, 0.5) is 0 Å². The van der Waals surface area contributed by atoms with E-state index >= 15 is 0 Å². The molecule has 168 valence electrons. The van der Waals surface area contributed by atoms with E-state index in [1.165, 1.54) is 0 Å². The van der Waals surface area contributed by atoms with Crippen LogP contribution in [-0.2, 0) is 14.3 Å². The van der Waals surface area contributed by atoms with Gasteiger partial charge in [0, 0.05) is 51.4 Å². The molecule has 1 atom stereocenters. The van der Waals surface area contributed by atoms with Crippen LogP contribution in [0.2, 0.25) is 0 Å². The molecule has 1 aliphatic rings. The fraction of sp³-hybridized carbons (Fsp3) is 0.500. The van der Waals surface area contributed by atoms with Crippen molar-refractivity contribution in [3.63, 3.8) is 0 Å². The Kier molecular flexibility index (Phi) is 8.43. The maximum absolute atomic E-state index is 13.0.